The summed E-state index contributed by atoms with van der Waals surface area (Å²) in [6, 6.07) is 9.80. The Labute approximate surface area is 103 Å². The van der Waals surface area contributed by atoms with Gasteiger partial charge in [0.15, 0.2) is 0 Å². The number of hydrogen-bond acceptors (Lipinski definition) is 2. The molecule has 1 heterocycles. The molecule has 1 aliphatic heterocycles. The van der Waals surface area contributed by atoms with Gasteiger partial charge < -0.3 is 9.47 Å². The minimum atomic E-state index is -0.130. The Morgan fingerprint density at radius 1 is 1.18 bits per heavy atom. The lowest BCUT2D eigenvalue weighted by atomic mass is 10.2. The van der Waals surface area contributed by atoms with Crippen LogP contribution in [0.4, 0.5) is 0 Å². The summed E-state index contributed by atoms with van der Waals surface area (Å²) in [7, 11) is 0. The third kappa shape index (κ3) is 5.11. The first-order chi connectivity index (χ1) is 8.45. The van der Waals surface area contributed by atoms with Crippen LogP contribution in [0.15, 0.2) is 30.3 Å². The number of benzene rings is 1. The summed E-state index contributed by atoms with van der Waals surface area (Å²) in [6.45, 7) is 0.789. The first-order valence-corrected chi connectivity index (χ1v) is 5.62. The summed E-state index contributed by atoms with van der Waals surface area (Å²) in [5.41, 5.74) is 0.966. The summed E-state index contributed by atoms with van der Waals surface area (Å²) in [5, 5.41) is 0. The molecule has 0 saturated carbocycles. The van der Waals surface area contributed by atoms with Crippen LogP contribution in [0.1, 0.15) is 24.8 Å². The highest BCUT2D eigenvalue weighted by Crippen LogP contribution is 2.12. The zero-order valence-corrected chi connectivity index (χ0v) is 9.76. The van der Waals surface area contributed by atoms with Gasteiger partial charge in [-0.15, -0.1) is 12.8 Å². The summed E-state index contributed by atoms with van der Waals surface area (Å²) < 4.78 is 10.7. The van der Waals surface area contributed by atoms with E-state index < -0.39 is 0 Å². The van der Waals surface area contributed by atoms with Crippen molar-refractivity contribution < 1.29 is 9.47 Å². The predicted molar refractivity (Wildman–Crippen MR) is 67.9 cm³/mol. The minimum Gasteiger partial charge on any atom is -0.414 e. The molecule has 0 radical (unpaired) electrons. The van der Waals surface area contributed by atoms with Crippen LogP contribution in [-0.4, -0.2) is 12.9 Å². The zero-order chi connectivity index (χ0) is 12.3. The van der Waals surface area contributed by atoms with E-state index >= 15 is 0 Å². The minimum absolute atomic E-state index is 0.130. The summed E-state index contributed by atoms with van der Waals surface area (Å²) in [4.78, 5) is 0. The lowest BCUT2D eigenvalue weighted by Crippen LogP contribution is -2.20. The highest BCUT2D eigenvalue weighted by molar-refractivity contribution is 5.32. The highest BCUT2D eigenvalue weighted by Gasteiger charge is 2.12. The second-order valence-electron chi connectivity index (χ2n) is 3.51. The van der Waals surface area contributed by atoms with E-state index in [9.17, 15) is 0 Å². The van der Waals surface area contributed by atoms with Crippen LogP contribution in [0.5, 0.6) is 0 Å². The molecule has 88 valence electrons. The third-order valence-electron chi connectivity index (χ3n) is 2.30. The molecule has 0 bridgehead atoms. The largest absolute Gasteiger partial charge is 0.414 e. The Bertz CT molecular complexity index is 378. The van der Waals surface area contributed by atoms with Crippen LogP contribution >= 0.6 is 0 Å². The van der Waals surface area contributed by atoms with E-state index in [-0.39, 0.29) is 6.29 Å². The fourth-order valence-electron chi connectivity index (χ4n) is 1.48. The van der Waals surface area contributed by atoms with Gasteiger partial charge in [-0.1, -0.05) is 18.2 Å². The second-order valence-corrected chi connectivity index (χ2v) is 3.51. The molecule has 1 aromatic rings. The lowest BCUT2D eigenvalue weighted by molar-refractivity contribution is -0.121. The van der Waals surface area contributed by atoms with E-state index in [0.29, 0.717) is 0 Å². The molecule has 0 aromatic heterocycles. The summed E-state index contributed by atoms with van der Waals surface area (Å²) in [5.74, 6) is 2.94. The van der Waals surface area contributed by atoms with Crippen molar-refractivity contribution >= 4 is 0 Å². The predicted octanol–water partition coefficient (Wildman–Crippen LogP) is 2.79. The third-order valence-corrected chi connectivity index (χ3v) is 2.30. The van der Waals surface area contributed by atoms with Crippen molar-refractivity contribution in [2.24, 2.45) is 0 Å². The van der Waals surface area contributed by atoms with Crippen molar-refractivity contribution in [3.8, 4) is 24.9 Å². The van der Waals surface area contributed by atoms with Gasteiger partial charge in [-0.05, 0) is 30.9 Å². The SMILES string of the molecule is C#C.C(#Cc1ccccc1)OC1CCCCO1. The van der Waals surface area contributed by atoms with Crippen LogP contribution in [0.3, 0.4) is 0 Å². The standard InChI is InChI=1S/C13H14O2.C2H2/c1-2-6-12(7-3-1)9-11-15-13-8-4-5-10-14-13;1-2/h1-3,6-7,13H,4-5,8,10H2;1-2H. The lowest BCUT2D eigenvalue weighted by Gasteiger charge is -2.19. The van der Waals surface area contributed by atoms with Crippen molar-refractivity contribution in [3.05, 3.63) is 35.9 Å². The second kappa shape index (κ2) is 8.28. The molecule has 1 unspecified atom stereocenters. The van der Waals surface area contributed by atoms with Crippen LogP contribution in [0.2, 0.25) is 0 Å². The highest BCUT2D eigenvalue weighted by atomic mass is 16.7. The van der Waals surface area contributed by atoms with E-state index in [1.54, 1.807) is 0 Å². The van der Waals surface area contributed by atoms with E-state index in [2.05, 4.69) is 24.9 Å². The average molecular weight is 228 g/mol. The van der Waals surface area contributed by atoms with Gasteiger partial charge in [-0.25, -0.2) is 0 Å². The molecule has 0 N–H and O–H groups in total. The van der Waals surface area contributed by atoms with Crippen LogP contribution in [0, 0.1) is 24.9 Å². The quantitative estimate of drug-likeness (QED) is 0.688. The zero-order valence-electron chi connectivity index (χ0n) is 9.76. The number of rotatable bonds is 1. The van der Waals surface area contributed by atoms with E-state index in [1.807, 2.05) is 30.3 Å². The first kappa shape index (κ1) is 13.2. The fourth-order valence-corrected chi connectivity index (χ4v) is 1.48. The average Bonchev–Trinajstić information content (AvgIpc) is 2.43. The maximum Gasteiger partial charge on any atom is 0.210 e. The molecular formula is C15H16O2. The van der Waals surface area contributed by atoms with Crippen molar-refractivity contribution in [1.82, 2.24) is 0 Å². The van der Waals surface area contributed by atoms with Gasteiger partial charge in [0.25, 0.3) is 0 Å². The number of ether oxygens (including phenoxy) is 2. The molecule has 1 aromatic carbocycles. The Kier molecular flexibility index (Phi) is 6.41. The smallest absolute Gasteiger partial charge is 0.210 e. The normalized spacial score (nSPS) is 17.9. The number of terminal acetylenes is 1. The maximum absolute atomic E-state index is 5.39. The van der Waals surface area contributed by atoms with Crippen molar-refractivity contribution in [2.45, 2.75) is 25.6 Å². The van der Waals surface area contributed by atoms with E-state index in [1.165, 1.54) is 0 Å². The molecule has 2 heteroatoms. The van der Waals surface area contributed by atoms with Crippen LogP contribution in [-0.2, 0) is 9.47 Å². The van der Waals surface area contributed by atoms with Gasteiger partial charge in [-0.3, -0.25) is 0 Å². The molecule has 1 atom stereocenters. The van der Waals surface area contributed by atoms with E-state index in [0.717, 1.165) is 31.4 Å². The maximum atomic E-state index is 5.39. The van der Waals surface area contributed by atoms with Crippen LogP contribution in [0.25, 0.3) is 0 Å². The van der Waals surface area contributed by atoms with Crippen molar-refractivity contribution in [1.29, 1.82) is 0 Å². The fraction of sp³-hybridized carbons (Fsp3) is 0.333. The van der Waals surface area contributed by atoms with Gasteiger partial charge in [0.2, 0.25) is 6.29 Å². The molecule has 2 rings (SSSR count). The summed E-state index contributed by atoms with van der Waals surface area (Å²) in [6.07, 6.45) is 13.8. The van der Waals surface area contributed by atoms with Gasteiger partial charge >= 0.3 is 0 Å². The monoisotopic (exact) mass is 228 g/mol. The Morgan fingerprint density at radius 3 is 2.59 bits per heavy atom. The van der Waals surface area contributed by atoms with Crippen molar-refractivity contribution in [2.75, 3.05) is 6.61 Å². The van der Waals surface area contributed by atoms with Gasteiger partial charge in [0.1, 0.15) is 6.11 Å². The van der Waals surface area contributed by atoms with Gasteiger partial charge in [-0.2, -0.15) is 0 Å². The molecular weight excluding hydrogens is 212 g/mol. The Morgan fingerprint density at radius 2 is 1.94 bits per heavy atom. The number of hydrogen-bond donors (Lipinski definition) is 0. The van der Waals surface area contributed by atoms with Crippen molar-refractivity contribution in [3.63, 3.8) is 0 Å². The Balaban J connectivity index is 0.000000686. The molecule has 1 fully saturated rings. The Hall–Kier alpha value is -1.90. The molecule has 1 saturated heterocycles. The summed E-state index contributed by atoms with van der Waals surface area (Å²) >= 11 is 0. The van der Waals surface area contributed by atoms with E-state index in [4.69, 9.17) is 9.47 Å². The molecule has 1 aliphatic rings. The topological polar surface area (TPSA) is 18.5 Å². The van der Waals surface area contributed by atoms with Gasteiger partial charge in [0.05, 0.1) is 6.61 Å². The first-order valence-electron chi connectivity index (χ1n) is 5.62. The molecule has 2 nitrogen and oxygen atoms in total. The molecule has 0 aliphatic carbocycles. The molecule has 0 amide bonds. The van der Waals surface area contributed by atoms with Crippen LogP contribution < -0.4 is 0 Å². The van der Waals surface area contributed by atoms with Gasteiger partial charge in [0, 0.05) is 12.0 Å². The molecule has 17 heavy (non-hydrogen) atoms. The molecule has 0 spiro atoms.